The van der Waals surface area contributed by atoms with Crippen molar-refractivity contribution in [2.24, 2.45) is 0 Å². The summed E-state index contributed by atoms with van der Waals surface area (Å²) in [7, 11) is -4.91. The summed E-state index contributed by atoms with van der Waals surface area (Å²) in [6, 6.07) is 0. The molecule has 0 aromatic carbocycles. The molecule has 0 N–H and O–H groups in total. The van der Waals surface area contributed by atoms with Crippen LogP contribution in [0.2, 0.25) is 0 Å². The summed E-state index contributed by atoms with van der Waals surface area (Å²) in [6.45, 7) is -1.23. The second-order valence-corrected chi connectivity index (χ2v) is 4.38. The fourth-order valence-corrected chi connectivity index (χ4v) is 1.19. The first-order valence-electron chi connectivity index (χ1n) is 4.24. The van der Waals surface area contributed by atoms with Crippen molar-refractivity contribution in [3.63, 3.8) is 0 Å². The number of alkyl halides is 3. The van der Waals surface area contributed by atoms with Crippen molar-refractivity contribution in [3.8, 4) is 0 Å². The Bertz CT molecular complexity index is 355. The van der Waals surface area contributed by atoms with Gasteiger partial charge in [-0.05, 0) is 0 Å². The number of methoxy groups -OCH3 is 1. The first kappa shape index (κ1) is 16.1. The summed E-state index contributed by atoms with van der Waals surface area (Å²) in [5.74, 6) is -0.923. The van der Waals surface area contributed by atoms with Crippen LogP contribution >= 0.6 is 0 Å². The quantitative estimate of drug-likeness (QED) is 0.482. The van der Waals surface area contributed by atoms with Crippen LogP contribution in [0.3, 0.4) is 0 Å². The van der Waals surface area contributed by atoms with Crippen LogP contribution < -0.4 is 0 Å². The number of halogens is 3. The molecule has 1 atom stereocenters. The van der Waals surface area contributed by atoms with E-state index < -0.39 is 47.1 Å². The molecule has 1 unspecified atom stereocenters. The Morgan fingerprint density at radius 3 is 2.41 bits per heavy atom. The Morgan fingerprint density at radius 1 is 1.47 bits per heavy atom. The number of esters is 1. The van der Waals surface area contributed by atoms with E-state index in [0.717, 1.165) is 0 Å². The van der Waals surface area contributed by atoms with Crippen molar-refractivity contribution in [2.75, 3.05) is 20.3 Å². The van der Waals surface area contributed by atoms with Crippen molar-refractivity contribution in [2.45, 2.75) is 17.8 Å². The fraction of sp³-hybridized carbons (Fsp3) is 0.857. The van der Waals surface area contributed by atoms with Crippen LogP contribution in [-0.2, 0) is 24.4 Å². The molecule has 0 bridgehead atoms. The minimum Gasteiger partial charge on any atom is -0.743 e. The van der Waals surface area contributed by atoms with Gasteiger partial charge in [-0.15, -0.1) is 0 Å². The lowest BCUT2D eigenvalue weighted by Crippen LogP contribution is -2.39. The Morgan fingerprint density at radius 2 is 2.00 bits per heavy atom. The van der Waals surface area contributed by atoms with E-state index in [1.807, 2.05) is 0 Å². The van der Waals surface area contributed by atoms with E-state index in [1.54, 1.807) is 0 Å². The SMILES string of the molecule is COCC(=O)OCCC(F)C(F)(F)S(=O)(=O)[O-]. The predicted octanol–water partition coefficient (Wildman–Crippen LogP) is 0.0422. The van der Waals surface area contributed by atoms with E-state index in [0.29, 0.717) is 0 Å². The lowest BCUT2D eigenvalue weighted by molar-refractivity contribution is -0.149. The van der Waals surface area contributed by atoms with Crippen molar-refractivity contribution >= 4 is 16.1 Å². The zero-order valence-corrected chi connectivity index (χ0v) is 9.51. The van der Waals surface area contributed by atoms with Gasteiger partial charge in [0.05, 0.1) is 6.61 Å². The molecule has 102 valence electrons. The standard InChI is InChI=1S/C7H11F3O6S/c1-15-4-6(11)16-3-2-5(8)7(9,10)17(12,13)14/h5H,2-4H2,1H3,(H,12,13,14)/p-1. The molecule has 0 aliphatic rings. The van der Waals surface area contributed by atoms with Crippen LogP contribution in [0.15, 0.2) is 0 Å². The molecule has 0 saturated heterocycles. The van der Waals surface area contributed by atoms with E-state index in [4.69, 9.17) is 0 Å². The lowest BCUT2D eigenvalue weighted by Gasteiger charge is -2.23. The number of carbonyl (C=O) groups excluding carboxylic acids is 1. The molecule has 0 rings (SSSR count). The summed E-state index contributed by atoms with van der Waals surface area (Å²) in [5, 5.41) is -5.04. The third-order valence-electron chi connectivity index (χ3n) is 1.59. The van der Waals surface area contributed by atoms with Crippen molar-refractivity contribution in [3.05, 3.63) is 0 Å². The molecule has 0 heterocycles. The molecule has 0 saturated carbocycles. The molecule has 10 heteroatoms. The lowest BCUT2D eigenvalue weighted by atomic mass is 10.3. The van der Waals surface area contributed by atoms with Gasteiger partial charge >= 0.3 is 11.2 Å². The zero-order chi connectivity index (χ0) is 13.7. The van der Waals surface area contributed by atoms with E-state index in [9.17, 15) is 30.9 Å². The number of rotatable bonds is 7. The molecular formula is C7H10F3O6S-. The average molecular weight is 279 g/mol. The summed E-state index contributed by atoms with van der Waals surface area (Å²) >= 11 is 0. The molecule has 0 aromatic heterocycles. The molecule has 0 amide bonds. The van der Waals surface area contributed by atoms with Gasteiger partial charge in [-0.2, -0.15) is 8.78 Å². The molecule has 17 heavy (non-hydrogen) atoms. The average Bonchev–Trinajstić information content (AvgIpc) is 2.16. The van der Waals surface area contributed by atoms with Gasteiger partial charge in [-0.25, -0.2) is 17.6 Å². The first-order valence-corrected chi connectivity index (χ1v) is 5.65. The highest BCUT2D eigenvalue weighted by Crippen LogP contribution is 2.29. The fourth-order valence-electron chi connectivity index (χ4n) is 0.760. The van der Waals surface area contributed by atoms with E-state index in [1.165, 1.54) is 7.11 Å². The molecule has 6 nitrogen and oxygen atoms in total. The van der Waals surface area contributed by atoms with Crippen LogP contribution in [0.4, 0.5) is 13.2 Å². The number of ether oxygens (including phenoxy) is 2. The van der Waals surface area contributed by atoms with Gasteiger partial charge in [0, 0.05) is 13.5 Å². The van der Waals surface area contributed by atoms with Crippen LogP contribution in [-0.4, -0.2) is 50.7 Å². The summed E-state index contributed by atoms with van der Waals surface area (Å²) < 4.78 is 76.5. The van der Waals surface area contributed by atoms with Crippen molar-refractivity contribution in [1.29, 1.82) is 0 Å². The smallest absolute Gasteiger partial charge is 0.364 e. The highest BCUT2D eigenvalue weighted by molar-refractivity contribution is 7.86. The molecular weight excluding hydrogens is 269 g/mol. The number of hydrogen-bond acceptors (Lipinski definition) is 6. The van der Waals surface area contributed by atoms with Crippen LogP contribution in [0.25, 0.3) is 0 Å². The molecule has 0 aromatic rings. The molecule has 0 aliphatic carbocycles. The highest BCUT2D eigenvalue weighted by atomic mass is 32.2. The highest BCUT2D eigenvalue weighted by Gasteiger charge is 2.47. The minimum absolute atomic E-state index is 0.451. The number of hydrogen-bond donors (Lipinski definition) is 0. The molecule has 0 radical (unpaired) electrons. The van der Waals surface area contributed by atoms with Gasteiger partial charge in [0.25, 0.3) is 0 Å². The first-order chi connectivity index (χ1) is 7.63. The van der Waals surface area contributed by atoms with Gasteiger partial charge in [0.15, 0.2) is 16.3 Å². The van der Waals surface area contributed by atoms with Gasteiger partial charge in [-0.1, -0.05) is 0 Å². The Labute approximate surface area is 95.4 Å². The van der Waals surface area contributed by atoms with Crippen molar-refractivity contribution < 1.29 is 40.4 Å². The van der Waals surface area contributed by atoms with Crippen LogP contribution in [0.5, 0.6) is 0 Å². The second-order valence-electron chi connectivity index (χ2n) is 2.93. The third kappa shape index (κ3) is 4.88. The van der Waals surface area contributed by atoms with Gasteiger partial charge in [0.2, 0.25) is 0 Å². The van der Waals surface area contributed by atoms with Gasteiger partial charge in [-0.3, -0.25) is 0 Å². The number of carbonyl (C=O) groups is 1. The predicted molar refractivity (Wildman–Crippen MR) is 47.0 cm³/mol. The third-order valence-corrected chi connectivity index (χ3v) is 2.52. The maximum Gasteiger partial charge on any atom is 0.364 e. The summed E-state index contributed by atoms with van der Waals surface area (Å²) in [6.07, 6.45) is -4.34. The van der Waals surface area contributed by atoms with E-state index >= 15 is 0 Å². The summed E-state index contributed by atoms with van der Waals surface area (Å²) in [5.41, 5.74) is 0. The Hall–Kier alpha value is -0.870. The van der Waals surface area contributed by atoms with Gasteiger partial charge < -0.3 is 14.0 Å². The largest absolute Gasteiger partial charge is 0.743 e. The maximum atomic E-state index is 12.8. The van der Waals surface area contributed by atoms with Gasteiger partial charge in [0.1, 0.15) is 6.61 Å². The Balaban J connectivity index is 4.20. The topological polar surface area (TPSA) is 92.7 Å². The maximum absolute atomic E-state index is 12.8. The monoisotopic (exact) mass is 279 g/mol. The van der Waals surface area contributed by atoms with Crippen molar-refractivity contribution in [1.82, 2.24) is 0 Å². The Kier molecular flexibility index (Phi) is 5.85. The van der Waals surface area contributed by atoms with E-state index in [-0.39, 0.29) is 0 Å². The summed E-state index contributed by atoms with van der Waals surface area (Å²) in [4.78, 5) is 10.6. The zero-order valence-electron chi connectivity index (χ0n) is 8.69. The normalized spacial score (nSPS) is 14.4. The van der Waals surface area contributed by atoms with Crippen LogP contribution in [0.1, 0.15) is 6.42 Å². The second kappa shape index (κ2) is 6.17. The molecule has 0 aliphatic heterocycles. The minimum atomic E-state index is -6.09. The molecule has 0 spiro atoms. The molecule has 0 fully saturated rings. The van der Waals surface area contributed by atoms with Crippen LogP contribution in [0, 0.1) is 0 Å². The van der Waals surface area contributed by atoms with E-state index in [2.05, 4.69) is 9.47 Å².